The summed E-state index contributed by atoms with van der Waals surface area (Å²) in [5.41, 5.74) is -11.5. The molecule has 9 unspecified atom stereocenters. The molecule has 6 aliphatic rings. The smallest absolute Gasteiger partial charge is 0.207 e. The quantitative estimate of drug-likeness (QED) is 0.248. The van der Waals surface area contributed by atoms with Gasteiger partial charge in [-0.1, -0.05) is 0 Å². The van der Waals surface area contributed by atoms with Crippen molar-refractivity contribution in [3.05, 3.63) is 52.1 Å². The number of phenolic OH excluding ortho intramolecular Hbond substituents is 2. The molecule has 2 spiro atoms. The van der Waals surface area contributed by atoms with Crippen molar-refractivity contribution in [2.45, 2.75) is 17.8 Å². The van der Waals surface area contributed by atoms with Crippen LogP contribution in [0.15, 0.2) is 29.8 Å². The number of phenols is 2. The monoisotopic (exact) mass is 590 g/mol. The predicted octanol–water partition coefficient (Wildman–Crippen LogP) is -0.257. The molecule has 13 nitrogen and oxygen atoms in total. The first kappa shape index (κ1) is 26.1. The summed E-state index contributed by atoms with van der Waals surface area (Å²) in [6, 6.07) is 4.29. The second-order valence-corrected chi connectivity index (χ2v) is 12.0. The van der Waals surface area contributed by atoms with E-state index in [1.165, 1.54) is 14.2 Å². The number of ether oxygens (including phenoxy) is 2. The van der Waals surface area contributed by atoms with Crippen LogP contribution in [0.1, 0.15) is 36.6 Å². The van der Waals surface area contributed by atoms with Crippen LogP contribution < -0.4 is 9.47 Å². The van der Waals surface area contributed by atoms with Crippen LogP contribution in [0.2, 0.25) is 0 Å². The molecule has 4 fully saturated rings. The molecule has 8 rings (SSSR count). The lowest BCUT2D eigenvalue weighted by atomic mass is 9.42. The molecule has 0 aliphatic heterocycles. The maximum atomic E-state index is 14.7. The molecule has 0 saturated heterocycles. The predicted molar refractivity (Wildman–Crippen MR) is 138 cm³/mol. The molecule has 6 aliphatic carbocycles. The molecule has 2 aromatic carbocycles. The maximum absolute atomic E-state index is 14.7. The topological polar surface area (TPSA) is 225 Å². The van der Waals surface area contributed by atoms with Crippen molar-refractivity contribution in [1.82, 2.24) is 0 Å². The number of rotatable bonds is 2. The number of Topliss-reactive ketones (excluding diaryl/α,β-unsaturated/α-hetero) is 5. The van der Waals surface area contributed by atoms with Crippen LogP contribution in [0.5, 0.6) is 23.0 Å². The highest BCUT2D eigenvalue weighted by Gasteiger charge is 2.94. The standard InChI is InChI=1S/C30H22O13/c1-42-7-3-9-13(11(31)5-7)20(33)17-23(36)18-21(34)15-16-22(35)19(28(15,17)24(9)37)27(40)30(41)26(39)14-10(25(38)29(16,18)30)4-8(43-2)6-12(14)32/h3-6,15-16,18-19,21-22,31-35,41H,1-2H3. The van der Waals surface area contributed by atoms with Gasteiger partial charge < -0.3 is 40.1 Å². The number of aliphatic hydroxyl groups is 4. The van der Waals surface area contributed by atoms with Gasteiger partial charge in [0.2, 0.25) is 11.4 Å². The number of fused-ring (bicyclic) bond motifs is 4. The summed E-state index contributed by atoms with van der Waals surface area (Å²) in [7, 11) is 2.45. The third-order valence-electron chi connectivity index (χ3n) is 10.9. The second-order valence-electron chi connectivity index (χ2n) is 12.0. The Balaban J connectivity index is 1.53. The fourth-order valence-corrected chi connectivity index (χ4v) is 9.71. The van der Waals surface area contributed by atoms with Gasteiger partial charge in [0.25, 0.3) is 0 Å². The number of benzene rings is 2. The lowest BCUT2D eigenvalue weighted by molar-refractivity contribution is -0.181. The van der Waals surface area contributed by atoms with Crippen molar-refractivity contribution in [2.75, 3.05) is 14.2 Å². The summed E-state index contributed by atoms with van der Waals surface area (Å²) in [5.74, 6) is -16.3. The molecule has 13 heteroatoms. The summed E-state index contributed by atoms with van der Waals surface area (Å²) in [6.07, 6.45) is -3.87. The third kappa shape index (κ3) is 2.19. The van der Waals surface area contributed by atoms with Crippen LogP contribution in [0, 0.1) is 34.5 Å². The molecular weight excluding hydrogens is 568 g/mol. The highest BCUT2D eigenvalue weighted by Crippen LogP contribution is 2.81. The van der Waals surface area contributed by atoms with E-state index in [0.717, 1.165) is 24.3 Å². The van der Waals surface area contributed by atoms with Gasteiger partial charge in [-0.2, -0.15) is 0 Å². The Morgan fingerprint density at radius 1 is 0.698 bits per heavy atom. The van der Waals surface area contributed by atoms with Crippen molar-refractivity contribution in [1.29, 1.82) is 0 Å². The molecule has 9 atom stereocenters. The average Bonchev–Trinajstić information content (AvgIpc) is 3.34. The van der Waals surface area contributed by atoms with Gasteiger partial charge in [-0.25, -0.2) is 0 Å². The molecule has 4 saturated carbocycles. The summed E-state index contributed by atoms with van der Waals surface area (Å²) in [6.45, 7) is 0. The zero-order valence-electron chi connectivity index (χ0n) is 22.3. The van der Waals surface area contributed by atoms with E-state index in [9.17, 15) is 54.6 Å². The first-order chi connectivity index (χ1) is 20.3. The number of allylic oxidation sites excluding steroid dienone is 1. The van der Waals surface area contributed by atoms with Gasteiger partial charge >= 0.3 is 0 Å². The van der Waals surface area contributed by atoms with Crippen molar-refractivity contribution < 1.29 is 64.1 Å². The van der Waals surface area contributed by atoms with Gasteiger partial charge in [-0.3, -0.25) is 24.0 Å². The van der Waals surface area contributed by atoms with Crippen molar-refractivity contribution >= 4 is 34.7 Å². The van der Waals surface area contributed by atoms with Crippen molar-refractivity contribution in [3.63, 3.8) is 0 Å². The second kappa shape index (κ2) is 7.30. The Labute approximate surface area is 240 Å². The SMILES string of the molecule is COc1cc(O)c2c(c1)C(=O)C13C4C(=O)C5=C(O)c6c(O)cc(OC)cc6C(=O)C56C(C(=O)C1(O)C2=O)C(O)C3C6C4O. The van der Waals surface area contributed by atoms with E-state index in [2.05, 4.69) is 0 Å². The van der Waals surface area contributed by atoms with E-state index >= 15 is 0 Å². The van der Waals surface area contributed by atoms with Gasteiger partial charge in [0.05, 0.1) is 65.8 Å². The van der Waals surface area contributed by atoms with E-state index in [-0.39, 0.29) is 11.5 Å². The third-order valence-corrected chi connectivity index (χ3v) is 10.9. The fraction of sp³-hybridized carbons (Fsp3) is 0.367. The number of carbonyl (C=O) groups is 5. The van der Waals surface area contributed by atoms with Crippen LogP contribution in [0.25, 0.3) is 5.76 Å². The summed E-state index contributed by atoms with van der Waals surface area (Å²) < 4.78 is 10.3. The molecule has 220 valence electrons. The van der Waals surface area contributed by atoms with Gasteiger partial charge in [0.15, 0.2) is 23.1 Å². The lowest BCUT2D eigenvalue weighted by Gasteiger charge is -2.58. The van der Waals surface area contributed by atoms with E-state index < -0.39 is 126 Å². The van der Waals surface area contributed by atoms with E-state index in [4.69, 9.17) is 9.47 Å². The minimum absolute atomic E-state index is 0.0360. The van der Waals surface area contributed by atoms with Gasteiger partial charge in [-0.15, -0.1) is 0 Å². The van der Waals surface area contributed by atoms with Crippen LogP contribution in [0.3, 0.4) is 0 Å². The van der Waals surface area contributed by atoms with Gasteiger partial charge in [-0.05, 0) is 12.1 Å². The Morgan fingerprint density at radius 2 is 1.23 bits per heavy atom. The van der Waals surface area contributed by atoms with Crippen LogP contribution in [0.4, 0.5) is 0 Å². The van der Waals surface area contributed by atoms with E-state index in [1.54, 1.807) is 0 Å². The minimum atomic E-state index is -3.38. The molecule has 43 heavy (non-hydrogen) atoms. The summed E-state index contributed by atoms with van der Waals surface area (Å²) in [5, 5.41) is 68.9. The Bertz CT molecular complexity index is 1870. The van der Waals surface area contributed by atoms with Crippen LogP contribution in [-0.2, 0) is 9.59 Å². The number of aromatic hydroxyl groups is 2. The first-order valence-corrected chi connectivity index (χ1v) is 13.4. The highest BCUT2D eigenvalue weighted by molar-refractivity contribution is 6.36. The van der Waals surface area contributed by atoms with Crippen LogP contribution in [-0.4, -0.2) is 91.6 Å². The number of hydrogen-bond donors (Lipinski definition) is 6. The highest BCUT2D eigenvalue weighted by atomic mass is 16.5. The van der Waals surface area contributed by atoms with Crippen molar-refractivity contribution in [3.8, 4) is 23.0 Å². The number of carbonyl (C=O) groups excluding carboxylic acids is 5. The maximum Gasteiger partial charge on any atom is 0.207 e. The molecule has 0 radical (unpaired) electrons. The summed E-state index contributed by atoms with van der Waals surface area (Å²) >= 11 is 0. The molecule has 2 aromatic rings. The van der Waals surface area contributed by atoms with Crippen molar-refractivity contribution in [2.24, 2.45) is 34.5 Å². The molecule has 0 amide bonds. The number of methoxy groups -OCH3 is 2. The molecule has 0 aromatic heterocycles. The zero-order valence-corrected chi connectivity index (χ0v) is 22.3. The number of hydrogen-bond acceptors (Lipinski definition) is 13. The van der Waals surface area contributed by atoms with Crippen LogP contribution >= 0.6 is 0 Å². The zero-order chi connectivity index (χ0) is 30.9. The summed E-state index contributed by atoms with van der Waals surface area (Å²) in [4.78, 5) is 72.5. The Hall–Kier alpha value is -4.59. The number of aliphatic hydroxyl groups excluding tert-OH is 3. The van der Waals surface area contributed by atoms with Gasteiger partial charge in [0.1, 0.15) is 28.8 Å². The lowest BCUT2D eigenvalue weighted by Crippen LogP contribution is -2.78. The first-order valence-electron chi connectivity index (χ1n) is 13.4. The molecule has 0 heterocycles. The molecule has 6 N–H and O–H groups in total. The number of ketones is 5. The largest absolute Gasteiger partial charge is 0.507 e. The molecular formula is C30H22O13. The minimum Gasteiger partial charge on any atom is -0.507 e. The Kier molecular flexibility index (Phi) is 4.43. The normalized spacial score (nSPS) is 39.5. The average molecular weight is 590 g/mol. The van der Waals surface area contributed by atoms with E-state index in [1.807, 2.05) is 0 Å². The van der Waals surface area contributed by atoms with Gasteiger partial charge in [0, 0.05) is 35.1 Å². The fourth-order valence-electron chi connectivity index (χ4n) is 9.71. The molecule has 4 bridgehead atoms. The van der Waals surface area contributed by atoms with E-state index in [0.29, 0.717) is 0 Å². The Morgan fingerprint density at radius 3 is 1.81 bits per heavy atom.